The maximum absolute atomic E-state index is 9.96. The zero-order chi connectivity index (χ0) is 9.98. The molecule has 1 unspecified atom stereocenters. The van der Waals surface area contributed by atoms with Gasteiger partial charge in [-0.2, -0.15) is 0 Å². The highest BCUT2D eigenvalue weighted by atomic mass is 32.2. The molecule has 13 heavy (non-hydrogen) atoms. The van der Waals surface area contributed by atoms with E-state index < -0.39 is 11.1 Å². The highest BCUT2D eigenvalue weighted by Crippen LogP contribution is 1.84. The summed E-state index contributed by atoms with van der Waals surface area (Å²) in [5.41, 5.74) is 0. The second-order valence-corrected chi connectivity index (χ2v) is 3.89. The van der Waals surface area contributed by atoms with Crippen molar-refractivity contribution >= 4 is 11.1 Å². The van der Waals surface area contributed by atoms with Crippen LogP contribution in [0.15, 0.2) is 0 Å². The summed E-state index contributed by atoms with van der Waals surface area (Å²) in [6.45, 7) is 5.09. The molecule has 0 fully saturated rings. The van der Waals surface area contributed by atoms with Gasteiger partial charge in [0.05, 0.1) is 0 Å². The molecular formula is C8H22NO3S-. The Morgan fingerprint density at radius 1 is 1.31 bits per heavy atom. The molecule has 0 aliphatic carbocycles. The molecule has 0 saturated heterocycles. The molecule has 0 rings (SSSR count). The van der Waals surface area contributed by atoms with Crippen LogP contribution in [0.25, 0.3) is 0 Å². The minimum absolute atomic E-state index is 0. The molecule has 0 aliphatic heterocycles. The molecule has 0 aromatic carbocycles. The molecule has 0 amide bonds. The number of nitrogens with zero attached hydrogens (tertiary/aromatic N) is 1. The fourth-order valence-corrected chi connectivity index (χ4v) is 0.863. The predicted molar refractivity (Wildman–Crippen MR) is 56.5 cm³/mol. The Hall–Kier alpha value is 0.0300. The van der Waals surface area contributed by atoms with Crippen LogP contribution in [0.3, 0.4) is 0 Å². The van der Waals surface area contributed by atoms with Gasteiger partial charge in [-0.15, -0.1) is 0 Å². The lowest BCUT2D eigenvalue weighted by atomic mass is 10.5. The molecule has 1 atom stereocenters. The third-order valence-electron chi connectivity index (χ3n) is 0.916. The lowest BCUT2D eigenvalue weighted by molar-refractivity contribution is 0.407. The summed E-state index contributed by atoms with van der Waals surface area (Å²) >= 11 is -1.86. The van der Waals surface area contributed by atoms with Crippen LogP contribution in [0, 0.1) is 0 Å². The molecule has 0 bridgehead atoms. The molecular weight excluding hydrogens is 190 g/mol. The van der Waals surface area contributed by atoms with Crippen LogP contribution in [0.4, 0.5) is 0 Å². The zero-order valence-electron chi connectivity index (χ0n) is 9.00. The van der Waals surface area contributed by atoms with Crippen molar-refractivity contribution in [2.24, 2.45) is 0 Å². The molecule has 0 heterocycles. The quantitative estimate of drug-likeness (QED) is 0.633. The van der Waals surface area contributed by atoms with Gasteiger partial charge >= 0.3 is 0 Å². The Balaban J connectivity index is -0.000000220. The van der Waals surface area contributed by atoms with Crippen molar-refractivity contribution in [3.63, 3.8) is 0 Å². The molecule has 5 heteroatoms. The third kappa shape index (κ3) is 33.3. The summed E-state index contributed by atoms with van der Waals surface area (Å²) in [5, 5.41) is 0. The molecule has 0 spiro atoms. The van der Waals surface area contributed by atoms with E-state index in [0.717, 1.165) is 13.0 Å². The monoisotopic (exact) mass is 212 g/mol. The van der Waals surface area contributed by atoms with Crippen LogP contribution in [0.5, 0.6) is 0 Å². The molecule has 84 valence electrons. The highest BCUT2D eigenvalue weighted by Gasteiger charge is 1.88. The van der Waals surface area contributed by atoms with Crippen LogP contribution in [-0.2, 0) is 11.1 Å². The second-order valence-electron chi connectivity index (χ2n) is 2.87. The smallest absolute Gasteiger partial charge is 0.0114 e. The van der Waals surface area contributed by atoms with Crippen molar-refractivity contribution in [2.45, 2.75) is 26.7 Å². The van der Waals surface area contributed by atoms with Gasteiger partial charge in [0.1, 0.15) is 0 Å². The minimum atomic E-state index is -1.86. The number of hydrogen-bond donors (Lipinski definition) is 0. The molecule has 0 radical (unpaired) electrons. The van der Waals surface area contributed by atoms with Gasteiger partial charge in [-0.05, 0) is 27.1 Å². The van der Waals surface area contributed by atoms with E-state index in [1.54, 1.807) is 0 Å². The van der Waals surface area contributed by atoms with Gasteiger partial charge in [0.2, 0.25) is 0 Å². The van der Waals surface area contributed by atoms with E-state index in [-0.39, 0.29) is 11.2 Å². The topological polar surface area (TPSA) is 74.9 Å². The van der Waals surface area contributed by atoms with Crippen LogP contribution in [-0.4, -0.2) is 45.5 Å². The Morgan fingerprint density at radius 2 is 1.69 bits per heavy atom. The summed E-state index contributed by atoms with van der Waals surface area (Å²) in [6, 6.07) is 0. The largest absolute Gasteiger partial charge is 0.772 e. The Morgan fingerprint density at radius 3 is 1.92 bits per heavy atom. The van der Waals surface area contributed by atoms with Crippen LogP contribution in [0.2, 0.25) is 0 Å². The highest BCUT2D eigenvalue weighted by molar-refractivity contribution is 7.79. The van der Waals surface area contributed by atoms with Crippen molar-refractivity contribution in [2.75, 3.05) is 26.4 Å². The van der Waals surface area contributed by atoms with Gasteiger partial charge in [0.15, 0.2) is 0 Å². The van der Waals surface area contributed by atoms with Gasteiger partial charge < -0.3 is 14.9 Å². The first-order valence-corrected chi connectivity index (χ1v) is 5.49. The second kappa shape index (κ2) is 14.5. The Kier molecular flexibility index (Phi) is 21.0. The SMILES string of the molecule is CCC.CN(C)CCCS(=O)[O-].O. The summed E-state index contributed by atoms with van der Waals surface area (Å²) in [4.78, 5) is 1.97. The van der Waals surface area contributed by atoms with Gasteiger partial charge in [-0.1, -0.05) is 31.3 Å². The van der Waals surface area contributed by atoms with E-state index in [2.05, 4.69) is 13.8 Å². The van der Waals surface area contributed by atoms with Gasteiger partial charge in [0, 0.05) is 5.75 Å². The average Bonchev–Trinajstić information content (AvgIpc) is 1.87. The summed E-state index contributed by atoms with van der Waals surface area (Å²) in [6.07, 6.45) is 1.98. The fourth-order valence-electron chi connectivity index (χ4n) is 0.499. The molecule has 2 N–H and O–H groups in total. The first-order valence-electron chi connectivity index (χ1n) is 4.25. The molecule has 0 aromatic rings. The van der Waals surface area contributed by atoms with Crippen LogP contribution in [0.1, 0.15) is 26.7 Å². The molecule has 0 saturated carbocycles. The Bertz CT molecular complexity index is 110. The first-order chi connectivity index (χ1) is 5.54. The summed E-state index contributed by atoms with van der Waals surface area (Å²) < 4.78 is 19.9. The minimum Gasteiger partial charge on any atom is -0.772 e. The first kappa shape index (κ1) is 18.7. The maximum Gasteiger partial charge on any atom is 0.0114 e. The summed E-state index contributed by atoms with van der Waals surface area (Å²) in [5.74, 6) is 0.276. The predicted octanol–water partition coefficient (Wildman–Crippen LogP) is 0.409. The van der Waals surface area contributed by atoms with Crippen LogP contribution >= 0.6 is 0 Å². The third-order valence-corrected chi connectivity index (χ3v) is 1.54. The van der Waals surface area contributed by atoms with Crippen molar-refractivity contribution in [3.05, 3.63) is 0 Å². The van der Waals surface area contributed by atoms with Crippen molar-refractivity contribution < 1.29 is 14.2 Å². The number of hydrogen-bond acceptors (Lipinski definition) is 3. The van der Waals surface area contributed by atoms with E-state index in [1.807, 2.05) is 19.0 Å². The van der Waals surface area contributed by atoms with E-state index in [9.17, 15) is 8.76 Å². The zero-order valence-corrected chi connectivity index (χ0v) is 9.82. The molecule has 0 aliphatic rings. The lowest BCUT2D eigenvalue weighted by Gasteiger charge is -2.09. The maximum atomic E-state index is 9.96. The average molecular weight is 212 g/mol. The van der Waals surface area contributed by atoms with E-state index in [1.165, 1.54) is 6.42 Å². The van der Waals surface area contributed by atoms with E-state index in [0.29, 0.717) is 0 Å². The van der Waals surface area contributed by atoms with Gasteiger partial charge in [-0.25, -0.2) is 0 Å². The van der Waals surface area contributed by atoms with Crippen molar-refractivity contribution in [1.82, 2.24) is 4.90 Å². The Labute approximate surface area is 83.9 Å². The van der Waals surface area contributed by atoms with Gasteiger partial charge in [-0.3, -0.25) is 4.21 Å². The van der Waals surface area contributed by atoms with Crippen molar-refractivity contribution in [1.29, 1.82) is 0 Å². The van der Waals surface area contributed by atoms with Crippen molar-refractivity contribution in [3.8, 4) is 0 Å². The van der Waals surface area contributed by atoms with Crippen LogP contribution < -0.4 is 0 Å². The fraction of sp³-hybridized carbons (Fsp3) is 1.00. The summed E-state index contributed by atoms with van der Waals surface area (Å²) in [7, 11) is 3.85. The normalized spacial score (nSPS) is 11.2. The lowest BCUT2D eigenvalue weighted by Crippen LogP contribution is -2.15. The van der Waals surface area contributed by atoms with E-state index in [4.69, 9.17) is 0 Å². The number of rotatable bonds is 4. The van der Waals surface area contributed by atoms with Gasteiger partial charge in [0.25, 0.3) is 0 Å². The molecule has 0 aromatic heterocycles. The molecule has 4 nitrogen and oxygen atoms in total. The van der Waals surface area contributed by atoms with E-state index >= 15 is 0 Å². The standard InChI is InChI=1S/C5H13NO2S.C3H8.H2O/c1-6(2)4-3-5-9(7)8;1-3-2;/h3-5H2,1-2H3,(H,7,8);3H2,1-2H3;1H2/p-1.